The first-order chi connectivity index (χ1) is 14.9. The van der Waals surface area contributed by atoms with Gasteiger partial charge in [0.2, 0.25) is 0 Å². The number of carbonyl (C=O) groups excluding carboxylic acids is 2. The minimum atomic E-state index is -4.37. The lowest BCUT2D eigenvalue weighted by Gasteiger charge is -2.22. The Balaban J connectivity index is 1.72. The fraction of sp³-hybridized carbons (Fsp3) is 0.130. The third kappa shape index (κ3) is 4.19. The molecule has 1 aliphatic heterocycles. The van der Waals surface area contributed by atoms with Gasteiger partial charge in [0.25, 0.3) is 15.9 Å². The molecule has 0 unspecified atom stereocenters. The summed E-state index contributed by atoms with van der Waals surface area (Å²) in [5, 5.41) is 0.352. The van der Waals surface area contributed by atoms with Crippen molar-refractivity contribution in [3.63, 3.8) is 0 Å². The number of benzene rings is 3. The molecule has 1 heterocycles. The third-order valence-corrected chi connectivity index (χ3v) is 7.04. The van der Waals surface area contributed by atoms with E-state index in [1.165, 1.54) is 29.2 Å². The van der Waals surface area contributed by atoms with Crippen LogP contribution < -0.4 is 0 Å². The van der Waals surface area contributed by atoms with Gasteiger partial charge in [0.15, 0.2) is 0 Å². The molecule has 3 aromatic carbocycles. The molecule has 0 radical (unpaired) electrons. The molecule has 158 valence electrons. The highest BCUT2D eigenvalue weighted by atomic mass is 35.5. The van der Waals surface area contributed by atoms with Gasteiger partial charge in [0.05, 0.1) is 4.90 Å². The van der Waals surface area contributed by atoms with Gasteiger partial charge in [-0.15, -0.1) is 4.31 Å². The summed E-state index contributed by atoms with van der Waals surface area (Å²) in [5.74, 6) is -0.764. The number of urea groups is 1. The highest BCUT2D eigenvalue weighted by Crippen LogP contribution is 2.29. The molecule has 0 saturated carbocycles. The van der Waals surface area contributed by atoms with Crippen LogP contribution >= 0.6 is 11.6 Å². The highest BCUT2D eigenvalue weighted by Gasteiger charge is 2.51. The third-order valence-electron chi connectivity index (χ3n) is 5.10. The maximum atomic E-state index is 13.3. The Labute approximate surface area is 185 Å². The van der Waals surface area contributed by atoms with Crippen molar-refractivity contribution in [2.75, 3.05) is 0 Å². The summed E-state index contributed by atoms with van der Waals surface area (Å²) in [7, 11) is -4.37. The minimum Gasteiger partial charge on any atom is -0.307 e. The smallest absolute Gasteiger partial charge is 0.307 e. The fourth-order valence-electron chi connectivity index (χ4n) is 3.54. The zero-order valence-electron chi connectivity index (χ0n) is 16.4. The second kappa shape index (κ2) is 8.53. The standard InChI is InChI=1S/C23H19ClN2O4S/c24-19-11-13-20(14-12-19)31(29,30)26-22(27)21(15-17-7-3-1-4-8-17)25(23(26)28)16-18-9-5-2-6-10-18/h1-14,21H,15-16H2/t21-/m1/s1. The van der Waals surface area contributed by atoms with Crippen LogP contribution in [-0.4, -0.2) is 35.6 Å². The van der Waals surface area contributed by atoms with Crippen LogP contribution in [0.15, 0.2) is 89.8 Å². The summed E-state index contributed by atoms with van der Waals surface area (Å²) >= 11 is 5.86. The zero-order chi connectivity index (χ0) is 22.0. The number of amides is 3. The lowest BCUT2D eigenvalue weighted by Crippen LogP contribution is -2.37. The average Bonchev–Trinajstić information content (AvgIpc) is 3.00. The molecule has 6 nitrogen and oxygen atoms in total. The Hall–Kier alpha value is -3.16. The Morgan fingerprint density at radius 3 is 1.90 bits per heavy atom. The number of hydrogen-bond donors (Lipinski definition) is 0. The van der Waals surface area contributed by atoms with Gasteiger partial charge in [-0.2, -0.15) is 0 Å². The Bertz CT molecular complexity index is 1140. The van der Waals surface area contributed by atoms with Gasteiger partial charge in [-0.25, -0.2) is 13.2 Å². The second-order valence-corrected chi connectivity index (χ2v) is 9.39. The van der Waals surface area contributed by atoms with E-state index in [0.29, 0.717) is 9.33 Å². The first-order valence-electron chi connectivity index (χ1n) is 9.61. The number of carbonyl (C=O) groups is 2. The maximum Gasteiger partial charge on any atom is 0.342 e. The number of nitrogens with zero attached hydrogens (tertiary/aromatic N) is 2. The van der Waals surface area contributed by atoms with Crippen molar-refractivity contribution in [1.82, 2.24) is 9.21 Å². The SMILES string of the molecule is O=C1[C@@H](Cc2ccccc2)N(Cc2ccccc2)C(=O)N1S(=O)(=O)c1ccc(Cl)cc1. The molecule has 0 aliphatic carbocycles. The number of halogens is 1. The summed E-state index contributed by atoms with van der Waals surface area (Å²) in [4.78, 5) is 27.6. The molecule has 8 heteroatoms. The van der Waals surface area contributed by atoms with Crippen molar-refractivity contribution in [2.24, 2.45) is 0 Å². The predicted molar refractivity (Wildman–Crippen MR) is 117 cm³/mol. The van der Waals surface area contributed by atoms with E-state index < -0.39 is 28.0 Å². The average molecular weight is 455 g/mol. The summed E-state index contributed by atoms with van der Waals surface area (Å²) in [5.41, 5.74) is 1.63. The monoisotopic (exact) mass is 454 g/mol. The molecule has 31 heavy (non-hydrogen) atoms. The van der Waals surface area contributed by atoms with E-state index in [1.807, 2.05) is 60.7 Å². The van der Waals surface area contributed by atoms with E-state index >= 15 is 0 Å². The van der Waals surface area contributed by atoms with Crippen molar-refractivity contribution < 1.29 is 18.0 Å². The molecule has 0 bridgehead atoms. The molecule has 0 N–H and O–H groups in total. The number of sulfonamides is 1. The number of rotatable bonds is 6. The Kier molecular flexibility index (Phi) is 5.80. The highest BCUT2D eigenvalue weighted by molar-refractivity contribution is 7.90. The summed E-state index contributed by atoms with van der Waals surface area (Å²) < 4.78 is 26.7. The second-order valence-electron chi connectivity index (χ2n) is 7.16. The molecular weight excluding hydrogens is 436 g/mol. The molecular formula is C23H19ClN2O4S. The Morgan fingerprint density at radius 2 is 1.32 bits per heavy atom. The number of hydrogen-bond acceptors (Lipinski definition) is 4. The van der Waals surface area contributed by atoms with Gasteiger partial charge >= 0.3 is 6.03 Å². The first-order valence-corrected chi connectivity index (χ1v) is 11.4. The van der Waals surface area contributed by atoms with Crippen LogP contribution in [0.2, 0.25) is 5.02 Å². The molecule has 1 atom stereocenters. The van der Waals surface area contributed by atoms with Crippen molar-refractivity contribution in [3.8, 4) is 0 Å². The molecule has 4 rings (SSSR count). The van der Waals surface area contributed by atoms with Crippen LogP contribution in [0, 0.1) is 0 Å². The van der Waals surface area contributed by atoms with Gasteiger partial charge in [-0.05, 0) is 35.4 Å². The molecule has 0 spiro atoms. The van der Waals surface area contributed by atoms with E-state index in [9.17, 15) is 18.0 Å². The predicted octanol–water partition coefficient (Wildman–Crippen LogP) is 4.10. The van der Waals surface area contributed by atoms with Gasteiger partial charge in [0, 0.05) is 18.0 Å². The largest absolute Gasteiger partial charge is 0.342 e. The van der Waals surface area contributed by atoms with E-state index in [4.69, 9.17) is 11.6 Å². The van der Waals surface area contributed by atoms with Crippen molar-refractivity contribution in [2.45, 2.75) is 23.9 Å². The molecule has 1 fully saturated rings. The van der Waals surface area contributed by atoms with Crippen LogP contribution in [0.3, 0.4) is 0 Å². The molecule has 0 aromatic heterocycles. The van der Waals surface area contributed by atoms with Gasteiger partial charge < -0.3 is 4.90 Å². The van der Waals surface area contributed by atoms with Crippen molar-refractivity contribution in [3.05, 3.63) is 101 Å². The van der Waals surface area contributed by atoms with Crippen LogP contribution in [-0.2, 0) is 27.8 Å². The topological polar surface area (TPSA) is 74.8 Å². The van der Waals surface area contributed by atoms with Crippen LogP contribution in [0.1, 0.15) is 11.1 Å². The maximum absolute atomic E-state index is 13.3. The summed E-state index contributed by atoms with van der Waals surface area (Å²) in [6.45, 7) is 0.121. The van der Waals surface area contributed by atoms with E-state index in [-0.39, 0.29) is 17.9 Å². The molecule has 3 amide bonds. The lowest BCUT2D eigenvalue weighted by atomic mass is 10.0. The first kappa shape index (κ1) is 21.1. The molecule has 1 saturated heterocycles. The minimum absolute atomic E-state index is 0.121. The van der Waals surface area contributed by atoms with E-state index in [2.05, 4.69) is 0 Å². The van der Waals surface area contributed by atoms with E-state index in [0.717, 1.165) is 11.1 Å². The number of imide groups is 1. The fourth-order valence-corrected chi connectivity index (χ4v) is 5.02. The Morgan fingerprint density at radius 1 is 0.774 bits per heavy atom. The molecule has 1 aliphatic rings. The quantitative estimate of drug-likeness (QED) is 0.525. The summed E-state index contributed by atoms with van der Waals surface area (Å²) in [6, 6.07) is 21.9. The van der Waals surface area contributed by atoms with Crippen LogP contribution in [0.25, 0.3) is 0 Å². The van der Waals surface area contributed by atoms with Gasteiger partial charge in [-0.3, -0.25) is 4.79 Å². The normalized spacial score (nSPS) is 16.7. The van der Waals surface area contributed by atoms with Crippen molar-refractivity contribution in [1.29, 1.82) is 0 Å². The van der Waals surface area contributed by atoms with Crippen molar-refractivity contribution >= 4 is 33.6 Å². The van der Waals surface area contributed by atoms with E-state index in [1.54, 1.807) is 0 Å². The molecule has 3 aromatic rings. The van der Waals surface area contributed by atoms with Gasteiger partial charge in [-0.1, -0.05) is 72.3 Å². The summed E-state index contributed by atoms with van der Waals surface area (Å²) in [6.07, 6.45) is 0.213. The van der Waals surface area contributed by atoms with Crippen LogP contribution in [0.5, 0.6) is 0 Å². The lowest BCUT2D eigenvalue weighted by molar-refractivity contribution is -0.125. The van der Waals surface area contributed by atoms with Crippen LogP contribution in [0.4, 0.5) is 4.79 Å². The van der Waals surface area contributed by atoms with Gasteiger partial charge in [0.1, 0.15) is 6.04 Å². The zero-order valence-corrected chi connectivity index (χ0v) is 18.0.